The molecule has 0 unspecified atom stereocenters. The molecule has 0 atom stereocenters. The summed E-state index contributed by atoms with van der Waals surface area (Å²) in [4.78, 5) is 40.2. The van der Waals surface area contributed by atoms with Crippen molar-refractivity contribution in [3.8, 4) is 5.75 Å². The molecule has 1 aliphatic rings. The number of furan rings is 1. The van der Waals surface area contributed by atoms with Crippen LogP contribution in [0.3, 0.4) is 0 Å². The van der Waals surface area contributed by atoms with Crippen LogP contribution in [0, 0.1) is 11.6 Å². The van der Waals surface area contributed by atoms with E-state index in [1.165, 1.54) is 35.2 Å². The van der Waals surface area contributed by atoms with Crippen LogP contribution in [0.5, 0.6) is 5.75 Å². The third kappa shape index (κ3) is 4.94. The van der Waals surface area contributed by atoms with E-state index in [2.05, 4.69) is 0 Å². The molecule has 1 aromatic carbocycles. The first kappa shape index (κ1) is 24.1. The standard InChI is InChI=1S/C24H23F2N3O6/c1-34-10-8-27-14-28(12-17-3-2-9-35-17)29-13-18(22(31)23(32)21(29)24(27)33)20(30)7-5-15-4-6-16(25)11-19(15)26/h2-4,6,9,11,13,32H,5,7-8,10,12,14H2,1H3. The Balaban J connectivity index is 1.68. The molecule has 1 N–H and O–H groups in total. The van der Waals surface area contributed by atoms with Crippen LogP contribution in [-0.4, -0.2) is 53.3 Å². The summed E-state index contributed by atoms with van der Waals surface area (Å²) in [5.74, 6) is -3.10. The molecular formula is C24H23F2N3O6. The van der Waals surface area contributed by atoms with E-state index < -0.39 is 34.5 Å². The first-order valence-corrected chi connectivity index (χ1v) is 10.8. The number of aromatic hydroxyl groups is 1. The van der Waals surface area contributed by atoms with Gasteiger partial charge in [-0.2, -0.15) is 0 Å². The van der Waals surface area contributed by atoms with E-state index in [1.54, 1.807) is 17.1 Å². The number of aryl methyl sites for hydroxylation is 1. The molecule has 184 valence electrons. The number of halogens is 2. The lowest BCUT2D eigenvalue weighted by Gasteiger charge is -2.39. The zero-order valence-electron chi connectivity index (χ0n) is 18.9. The zero-order valence-corrected chi connectivity index (χ0v) is 18.9. The second-order valence-electron chi connectivity index (χ2n) is 8.02. The van der Waals surface area contributed by atoms with E-state index in [4.69, 9.17) is 9.15 Å². The van der Waals surface area contributed by atoms with Gasteiger partial charge in [0.25, 0.3) is 5.91 Å². The Morgan fingerprint density at radius 3 is 2.71 bits per heavy atom. The fraction of sp³-hybridized carbons (Fsp3) is 0.292. The Hall–Kier alpha value is -3.99. The predicted octanol–water partition coefficient (Wildman–Crippen LogP) is 2.44. The first-order chi connectivity index (χ1) is 16.8. The molecular weight excluding hydrogens is 464 g/mol. The number of carbonyl (C=O) groups excluding carboxylic acids is 2. The quantitative estimate of drug-likeness (QED) is 0.462. The summed E-state index contributed by atoms with van der Waals surface area (Å²) in [6, 6.07) is 6.44. The van der Waals surface area contributed by atoms with Crippen molar-refractivity contribution in [2.24, 2.45) is 0 Å². The van der Waals surface area contributed by atoms with Crippen LogP contribution in [0.15, 0.2) is 52.0 Å². The number of nitrogens with zero attached hydrogens (tertiary/aromatic N) is 3. The average Bonchev–Trinajstić information content (AvgIpc) is 3.34. The number of methoxy groups -OCH3 is 1. The van der Waals surface area contributed by atoms with Crippen molar-refractivity contribution < 1.29 is 32.6 Å². The number of hydrogen-bond donors (Lipinski definition) is 1. The minimum absolute atomic E-state index is 0.0760. The fourth-order valence-electron chi connectivity index (χ4n) is 3.88. The molecule has 4 rings (SSSR count). The van der Waals surface area contributed by atoms with Gasteiger partial charge in [0.1, 0.15) is 24.1 Å². The average molecular weight is 487 g/mol. The van der Waals surface area contributed by atoms with E-state index in [0.29, 0.717) is 11.8 Å². The molecule has 0 aliphatic carbocycles. The van der Waals surface area contributed by atoms with Crippen LogP contribution < -0.4 is 10.4 Å². The number of ether oxygens (including phenoxy) is 1. The van der Waals surface area contributed by atoms with Gasteiger partial charge in [0, 0.05) is 32.3 Å². The number of amides is 1. The molecule has 0 fully saturated rings. The Bertz CT molecular complexity index is 1310. The lowest BCUT2D eigenvalue weighted by molar-refractivity contribution is 0.0617. The largest absolute Gasteiger partial charge is 0.502 e. The van der Waals surface area contributed by atoms with Crippen LogP contribution >= 0.6 is 0 Å². The van der Waals surface area contributed by atoms with Gasteiger partial charge < -0.3 is 19.2 Å². The van der Waals surface area contributed by atoms with E-state index in [9.17, 15) is 28.3 Å². The van der Waals surface area contributed by atoms with Crippen molar-refractivity contribution in [2.45, 2.75) is 19.4 Å². The minimum atomic E-state index is -0.999. The second-order valence-corrected chi connectivity index (χ2v) is 8.02. The molecule has 1 aliphatic heterocycles. The van der Waals surface area contributed by atoms with Gasteiger partial charge in [0.15, 0.2) is 17.2 Å². The number of aromatic nitrogens is 1. The Labute approximate surface area is 198 Å². The smallest absolute Gasteiger partial charge is 0.277 e. The summed E-state index contributed by atoms with van der Waals surface area (Å²) in [5, 5.41) is 12.3. The van der Waals surface area contributed by atoms with Crippen LogP contribution in [0.1, 0.15) is 38.6 Å². The number of fused-ring (bicyclic) bond motifs is 1. The molecule has 0 bridgehead atoms. The third-order valence-electron chi connectivity index (χ3n) is 5.71. The van der Waals surface area contributed by atoms with Crippen molar-refractivity contribution >= 4 is 11.7 Å². The highest BCUT2D eigenvalue weighted by molar-refractivity contribution is 6.00. The number of hydrogen-bond acceptors (Lipinski definition) is 7. The molecule has 0 saturated heterocycles. The van der Waals surface area contributed by atoms with Gasteiger partial charge in [0.2, 0.25) is 5.43 Å². The molecule has 11 heteroatoms. The van der Waals surface area contributed by atoms with Gasteiger partial charge in [-0.05, 0) is 30.2 Å². The lowest BCUT2D eigenvalue weighted by Crippen LogP contribution is -2.54. The number of ketones is 1. The van der Waals surface area contributed by atoms with E-state index in [1.807, 2.05) is 0 Å². The maximum Gasteiger partial charge on any atom is 0.277 e. The molecule has 0 spiro atoms. The SMILES string of the molecule is COCCN1CN(Cc2ccco2)n2cc(C(=O)CCc3ccc(F)cc3F)c(=O)c(O)c2C1=O. The van der Waals surface area contributed by atoms with Gasteiger partial charge in [0.05, 0.1) is 25.0 Å². The lowest BCUT2D eigenvalue weighted by atomic mass is 10.0. The second kappa shape index (κ2) is 10.1. The third-order valence-corrected chi connectivity index (χ3v) is 5.71. The molecule has 3 heterocycles. The van der Waals surface area contributed by atoms with Gasteiger partial charge in [-0.15, -0.1) is 0 Å². The summed E-state index contributed by atoms with van der Waals surface area (Å²) in [7, 11) is 1.49. The molecule has 0 saturated carbocycles. The summed E-state index contributed by atoms with van der Waals surface area (Å²) in [6.45, 7) is 0.698. The summed E-state index contributed by atoms with van der Waals surface area (Å²) in [6.07, 6.45) is 2.35. The number of benzene rings is 1. The highest BCUT2D eigenvalue weighted by Crippen LogP contribution is 2.23. The van der Waals surface area contributed by atoms with Gasteiger partial charge in [-0.3, -0.25) is 24.1 Å². The Morgan fingerprint density at radius 2 is 2.03 bits per heavy atom. The fourth-order valence-corrected chi connectivity index (χ4v) is 3.88. The highest BCUT2D eigenvalue weighted by Gasteiger charge is 2.34. The molecule has 9 nitrogen and oxygen atoms in total. The topological polar surface area (TPSA) is 105 Å². The molecule has 3 aromatic rings. The molecule has 35 heavy (non-hydrogen) atoms. The zero-order chi connectivity index (χ0) is 25.1. The number of carbonyl (C=O) groups is 2. The van der Waals surface area contributed by atoms with Gasteiger partial charge >= 0.3 is 0 Å². The van der Waals surface area contributed by atoms with Crippen molar-refractivity contribution in [3.05, 3.63) is 87.2 Å². The normalized spacial score (nSPS) is 13.3. The Kier molecular flexibility index (Phi) is 6.97. The first-order valence-electron chi connectivity index (χ1n) is 10.8. The maximum absolute atomic E-state index is 13.9. The number of Topliss-reactive ketones (excluding diaryl/α,β-unsaturated/α-hetero) is 1. The van der Waals surface area contributed by atoms with Gasteiger partial charge in [-0.25, -0.2) is 8.78 Å². The number of pyridine rings is 1. The molecule has 1 amide bonds. The monoisotopic (exact) mass is 487 g/mol. The predicted molar refractivity (Wildman–Crippen MR) is 120 cm³/mol. The maximum atomic E-state index is 13.9. The number of rotatable bonds is 9. The van der Waals surface area contributed by atoms with E-state index in [-0.39, 0.29) is 56.0 Å². The van der Waals surface area contributed by atoms with Crippen LogP contribution in [-0.2, 0) is 17.7 Å². The van der Waals surface area contributed by atoms with Crippen LogP contribution in [0.25, 0.3) is 0 Å². The van der Waals surface area contributed by atoms with Crippen LogP contribution in [0.2, 0.25) is 0 Å². The van der Waals surface area contributed by atoms with Crippen molar-refractivity contribution in [2.75, 3.05) is 31.9 Å². The summed E-state index contributed by atoms with van der Waals surface area (Å²) in [5.41, 5.74) is -1.52. The molecule has 2 aromatic heterocycles. The van der Waals surface area contributed by atoms with Crippen LogP contribution in [0.4, 0.5) is 8.78 Å². The van der Waals surface area contributed by atoms with Crippen molar-refractivity contribution in [1.29, 1.82) is 0 Å². The summed E-state index contributed by atoms with van der Waals surface area (Å²) >= 11 is 0. The van der Waals surface area contributed by atoms with Gasteiger partial charge in [-0.1, -0.05) is 6.07 Å². The van der Waals surface area contributed by atoms with E-state index in [0.717, 1.165) is 6.07 Å². The van der Waals surface area contributed by atoms with Crippen molar-refractivity contribution in [1.82, 2.24) is 9.58 Å². The minimum Gasteiger partial charge on any atom is -0.502 e. The highest BCUT2D eigenvalue weighted by atomic mass is 19.1. The van der Waals surface area contributed by atoms with Crippen molar-refractivity contribution in [3.63, 3.8) is 0 Å². The summed E-state index contributed by atoms with van der Waals surface area (Å²) < 4.78 is 38.8. The van der Waals surface area contributed by atoms with E-state index >= 15 is 0 Å². The molecule has 0 radical (unpaired) electrons. The Morgan fingerprint density at radius 1 is 1.23 bits per heavy atom.